The first-order valence-corrected chi connectivity index (χ1v) is 5.10. The molecule has 9 heteroatoms. The zero-order valence-electron chi connectivity index (χ0n) is 10.5. The van der Waals surface area contributed by atoms with Crippen LogP contribution < -0.4 is 4.74 Å². The summed E-state index contributed by atoms with van der Waals surface area (Å²) < 4.78 is 40.4. The number of amides is 1. The number of carbonyl (C=O) groups is 1. The molecule has 0 fully saturated rings. The Kier molecular flexibility index (Phi) is 4.65. The number of halogens is 3. The molecule has 0 aliphatic rings. The molecular weight excluding hydrogens is 267 g/mol. The molecule has 1 rings (SSSR count). The predicted octanol–water partition coefficient (Wildman–Crippen LogP) is 1.36. The highest BCUT2D eigenvalue weighted by atomic mass is 19.4. The molecule has 0 unspecified atom stereocenters. The molecule has 1 aromatic heterocycles. The van der Waals surface area contributed by atoms with Gasteiger partial charge >= 0.3 is 6.18 Å². The smallest absolute Gasteiger partial charge is 0.422 e. The van der Waals surface area contributed by atoms with Crippen LogP contribution in [0.2, 0.25) is 0 Å². The number of hydrogen-bond acceptors (Lipinski definition) is 5. The van der Waals surface area contributed by atoms with Crippen molar-refractivity contribution in [3.05, 3.63) is 17.6 Å². The van der Waals surface area contributed by atoms with Crippen LogP contribution in [0.4, 0.5) is 13.2 Å². The van der Waals surface area contributed by atoms with E-state index in [1.807, 2.05) is 0 Å². The monoisotopic (exact) mass is 279 g/mol. The molecule has 0 N–H and O–H groups in total. The summed E-state index contributed by atoms with van der Waals surface area (Å²) in [5.74, 6) is -0.839. The lowest BCUT2D eigenvalue weighted by atomic mass is 10.4. The lowest BCUT2D eigenvalue weighted by Gasteiger charge is -2.14. The molecule has 0 aromatic carbocycles. The summed E-state index contributed by atoms with van der Waals surface area (Å²) in [5.41, 5.74) is 0.0285. The highest BCUT2D eigenvalue weighted by Crippen LogP contribution is 2.18. The minimum atomic E-state index is -4.46. The van der Waals surface area contributed by atoms with Crippen LogP contribution >= 0.6 is 0 Å². The topological polar surface area (TPSA) is 64.5 Å². The van der Waals surface area contributed by atoms with E-state index in [0.717, 1.165) is 11.3 Å². The van der Waals surface area contributed by atoms with Crippen LogP contribution in [0.5, 0.6) is 5.88 Å². The Labute approximate surface area is 107 Å². The van der Waals surface area contributed by atoms with Gasteiger partial charge in [-0.2, -0.15) is 13.2 Å². The van der Waals surface area contributed by atoms with Crippen molar-refractivity contribution in [3.8, 4) is 5.88 Å². The highest BCUT2D eigenvalue weighted by molar-refractivity contribution is 5.91. The van der Waals surface area contributed by atoms with Gasteiger partial charge in [0.05, 0.1) is 13.3 Å². The van der Waals surface area contributed by atoms with Gasteiger partial charge in [-0.3, -0.25) is 9.63 Å². The summed E-state index contributed by atoms with van der Waals surface area (Å²) in [5, 5.41) is 0.916. The SMILES string of the molecule is CON(C)C(=O)c1cnc(OCC(F)(F)F)c(C)n1. The van der Waals surface area contributed by atoms with E-state index in [1.165, 1.54) is 21.1 Å². The van der Waals surface area contributed by atoms with Crippen molar-refractivity contribution in [1.29, 1.82) is 0 Å². The van der Waals surface area contributed by atoms with E-state index < -0.39 is 18.7 Å². The zero-order chi connectivity index (χ0) is 14.6. The van der Waals surface area contributed by atoms with Crippen molar-refractivity contribution >= 4 is 5.91 Å². The first-order chi connectivity index (χ1) is 8.74. The van der Waals surface area contributed by atoms with Gasteiger partial charge in [0.2, 0.25) is 5.88 Å². The molecule has 0 saturated carbocycles. The number of carbonyl (C=O) groups excluding carboxylic acids is 1. The maximum Gasteiger partial charge on any atom is 0.422 e. The number of hydroxylamine groups is 2. The molecule has 106 valence electrons. The van der Waals surface area contributed by atoms with Gasteiger partial charge < -0.3 is 4.74 Å². The molecule has 0 aliphatic heterocycles. The normalized spacial score (nSPS) is 11.3. The zero-order valence-corrected chi connectivity index (χ0v) is 10.5. The molecule has 1 amide bonds. The molecule has 0 spiro atoms. The van der Waals surface area contributed by atoms with Crippen molar-refractivity contribution in [2.45, 2.75) is 13.1 Å². The van der Waals surface area contributed by atoms with Crippen LogP contribution in [0.25, 0.3) is 0 Å². The molecule has 0 bridgehead atoms. The molecule has 0 aliphatic carbocycles. The Morgan fingerprint density at radius 1 is 1.47 bits per heavy atom. The maximum absolute atomic E-state index is 12.0. The number of aromatic nitrogens is 2. The van der Waals surface area contributed by atoms with E-state index in [9.17, 15) is 18.0 Å². The van der Waals surface area contributed by atoms with Crippen LogP contribution in [-0.2, 0) is 4.84 Å². The second-order valence-corrected chi connectivity index (χ2v) is 3.53. The Balaban J connectivity index is 2.83. The van der Waals surface area contributed by atoms with E-state index in [-0.39, 0.29) is 17.3 Å². The second kappa shape index (κ2) is 5.83. The molecule has 1 heterocycles. The van der Waals surface area contributed by atoms with Gasteiger partial charge in [0.1, 0.15) is 11.4 Å². The van der Waals surface area contributed by atoms with Gasteiger partial charge in [-0.05, 0) is 6.92 Å². The Hall–Kier alpha value is -1.90. The average molecular weight is 279 g/mol. The standard InChI is InChI=1S/C10H12F3N3O3/c1-6-8(19-5-10(11,12)13)14-4-7(15-6)9(17)16(2)18-3/h4H,5H2,1-3H3. The van der Waals surface area contributed by atoms with E-state index in [2.05, 4.69) is 19.5 Å². The van der Waals surface area contributed by atoms with Crippen molar-refractivity contribution in [2.75, 3.05) is 20.8 Å². The maximum atomic E-state index is 12.0. The van der Waals surface area contributed by atoms with Crippen LogP contribution in [0.15, 0.2) is 6.20 Å². The largest absolute Gasteiger partial charge is 0.467 e. The summed E-state index contributed by atoms with van der Waals surface area (Å²) in [4.78, 5) is 23.7. The predicted molar refractivity (Wildman–Crippen MR) is 57.4 cm³/mol. The van der Waals surface area contributed by atoms with Gasteiger partial charge in [-0.15, -0.1) is 0 Å². The van der Waals surface area contributed by atoms with Gasteiger partial charge in [0, 0.05) is 7.05 Å². The Bertz CT molecular complexity index is 465. The molecule has 0 radical (unpaired) electrons. The summed E-state index contributed by atoms with van der Waals surface area (Å²) >= 11 is 0. The first-order valence-electron chi connectivity index (χ1n) is 5.10. The highest BCUT2D eigenvalue weighted by Gasteiger charge is 2.29. The lowest BCUT2D eigenvalue weighted by molar-refractivity contribution is -0.154. The summed E-state index contributed by atoms with van der Waals surface area (Å²) in [7, 11) is 2.66. The van der Waals surface area contributed by atoms with Crippen molar-refractivity contribution in [2.24, 2.45) is 0 Å². The van der Waals surface area contributed by atoms with E-state index in [0.29, 0.717) is 0 Å². The van der Waals surface area contributed by atoms with Gasteiger partial charge in [-0.1, -0.05) is 0 Å². The van der Waals surface area contributed by atoms with Crippen LogP contribution in [0.3, 0.4) is 0 Å². The van der Waals surface area contributed by atoms with Crippen molar-refractivity contribution in [1.82, 2.24) is 15.0 Å². The third kappa shape index (κ3) is 4.36. The van der Waals surface area contributed by atoms with Crippen molar-refractivity contribution in [3.63, 3.8) is 0 Å². The Morgan fingerprint density at radius 2 is 2.11 bits per heavy atom. The van der Waals surface area contributed by atoms with E-state index in [1.54, 1.807) is 0 Å². The fourth-order valence-corrected chi connectivity index (χ4v) is 1.11. The number of ether oxygens (including phenoxy) is 1. The average Bonchev–Trinajstić information content (AvgIpc) is 2.34. The van der Waals surface area contributed by atoms with Gasteiger partial charge in [0.15, 0.2) is 6.61 Å². The second-order valence-electron chi connectivity index (χ2n) is 3.53. The Morgan fingerprint density at radius 3 is 2.58 bits per heavy atom. The van der Waals surface area contributed by atoms with Gasteiger partial charge in [-0.25, -0.2) is 15.0 Å². The van der Waals surface area contributed by atoms with E-state index >= 15 is 0 Å². The van der Waals surface area contributed by atoms with Crippen LogP contribution in [0.1, 0.15) is 16.2 Å². The summed E-state index contributed by atoms with van der Waals surface area (Å²) in [6, 6.07) is 0. The summed E-state index contributed by atoms with van der Waals surface area (Å²) in [6.07, 6.45) is -3.44. The van der Waals surface area contributed by atoms with Crippen LogP contribution in [-0.4, -0.2) is 47.9 Å². The summed E-state index contributed by atoms with van der Waals surface area (Å²) in [6.45, 7) is -0.0733. The third-order valence-electron chi connectivity index (χ3n) is 2.05. The van der Waals surface area contributed by atoms with E-state index in [4.69, 9.17) is 0 Å². The number of nitrogens with zero attached hydrogens (tertiary/aromatic N) is 3. The number of aryl methyl sites for hydroxylation is 1. The fourth-order valence-electron chi connectivity index (χ4n) is 1.11. The number of alkyl halides is 3. The van der Waals surface area contributed by atoms with Crippen molar-refractivity contribution < 1.29 is 27.5 Å². The fraction of sp³-hybridized carbons (Fsp3) is 0.500. The molecule has 0 saturated heterocycles. The number of hydrogen-bond donors (Lipinski definition) is 0. The molecular formula is C10H12F3N3O3. The third-order valence-corrected chi connectivity index (χ3v) is 2.05. The first kappa shape index (κ1) is 15.2. The molecule has 0 atom stereocenters. The minimum absolute atomic E-state index is 0.0544. The van der Waals surface area contributed by atoms with Gasteiger partial charge in [0.25, 0.3) is 5.91 Å². The molecule has 6 nitrogen and oxygen atoms in total. The number of rotatable bonds is 4. The lowest BCUT2D eigenvalue weighted by Crippen LogP contribution is -2.27. The quantitative estimate of drug-likeness (QED) is 0.779. The molecule has 1 aromatic rings. The van der Waals surface area contributed by atoms with Crippen LogP contribution in [0, 0.1) is 6.92 Å². The minimum Gasteiger partial charge on any atom is -0.467 e. The molecule has 19 heavy (non-hydrogen) atoms.